The molecule has 2 heterocycles. The number of anilines is 1. The van der Waals surface area contributed by atoms with Crippen LogP contribution in [0.25, 0.3) is 21.9 Å². The van der Waals surface area contributed by atoms with E-state index in [0.29, 0.717) is 0 Å². The number of hydrogen-bond acceptors (Lipinski definition) is 5. The van der Waals surface area contributed by atoms with Crippen molar-refractivity contribution in [2.24, 2.45) is 0 Å². The van der Waals surface area contributed by atoms with E-state index in [1.54, 1.807) is 11.3 Å². The summed E-state index contributed by atoms with van der Waals surface area (Å²) in [5, 5.41) is 19.9. The molecule has 1 atom stereocenters. The third-order valence-corrected chi connectivity index (χ3v) is 6.49. The predicted octanol–water partition coefficient (Wildman–Crippen LogP) is 5.87. The zero-order valence-electron chi connectivity index (χ0n) is 17.3. The van der Waals surface area contributed by atoms with E-state index in [-0.39, 0.29) is 6.04 Å². The van der Waals surface area contributed by atoms with Gasteiger partial charge in [0, 0.05) is 22.2 Å². The summed E-state index contributed by atoms with van der Waals surface area (Å²) >= 11 is 1.78. The highest BCUT2D eigenvalue weighted by Gasteiger charge is 2.14. The molecule has 2 aromatic heterocycles. The van der Waals surface area contributed by atoms with Gasteiger partial charge in [0.05, 0.1) is 12.2 Å². The van der Waals surface area contributed by atoms with Crippen LogP contribution in [-0.2, 0) is 6.54 Å². The summed E-state index contributed by atoms with van der Waals surface area (Å²) in [6, 6.07) is 15.4. The molecular weight excluding hydrogens is 376 g/mol. The maximum atomic E-state index is 4.38. The van der Waals surface area contributed by atoms with Gasteiger partial charge in [-0.15, -0.1) is 16.4 Å². The molecule has 0 amide bonds. The highest BCUT2D eigenvalue weighted by Crippen LogP contribution is 2.33. The first-order valence-electron chi connectivity index (χ1n) is 9.87. The second-order valence-corrected chi connectivity index (χ2v) is 8.45. The normalized spacial score (nSPS) is 12.3. The van der Waals surface area contributed by atoms with Crippen molar-refractivity contribution in [3.05, 3.63) is 75.6 Å². The van der Waals surface area contributed by atoms with Crippen LogP contribution in [0.1, 0.15) is 34.5 Å². The van der Waals surface area contributed by atoms with Gasteiger partial charge in [0.1, 0.15) is 0 Å². The van der Waals surface area contributed by atoms with Gasteiger partial charge in [-0.3, -0.25) is 0 Å². The summed E-state index contributed by atoms with van der Waals surface area (Å²) in [6.07, 6.45) is 1.83. The maximum Gasteiger partial charge on any atom is 0.157 e. The average molecular weight is 403 g/mol. The van der Waals surface area contributed by atoms with Crippen molar-refractivity contribution < 1.29 is 0 Å². The van der Waals surface area contributed by atoms with Crippen LogP contribution < -0.4 is 10.6 Å². The molecule has 0 saturated heterocycles. The third-order valence-electron chi connectivity index (χ3n) is 5.37. The Morgan fingerprint density at radius 1 is 1.07 bits per heavy atom. The zero-order chi connectivity index (χ0) is 20.4. The van der Waals surface area contributed by atoms with Crippen molar-refractivity contribution in [2.75, 3.05) is 12.4 Å². The largest absolute Gasteiger partial charge is 0.361 e. The van der Waals surface area contributed by atoms with Crippen molar-refractivity contribution in [3.8, 4) is 11.1 Å². The smallest absolute Gasteiger partial charge is 0.157 e. The molecule has 0 aliphatic rings. The number of hydrogen-bond donors (Lipinski definition) is 2. The number of aryl methyl sites for hydroxylation is 2. The molecule has 4 nitrogen and oxygen atoms in total. The Morgan fingerprint density at radius 3 is 2.69 bits per heavy atom. The average Bonchev–Trinajstić information content (AvgIpc) is 3.20. The van der Waals surface area contributed by atoms with Gasteiger partial charge < -0.3 is 10.6 Å². The lowest BCUT2D eigenvalue weighted by Crippen LogP contribution is -2.08. The first kappa shape index (κ1) is 19.6. The second kappa shape index (κ2) is 8.31. The van der Waals surface area contributed by atoms with Gasteiger partial charge in [-0.1, -0.05) is 24.3 Å². The number of rotatable bonds is 6. The Bertz CT molecular complexity index is 1150. The Kier molecular flexibility index (Phi) is 5.60. The van der Waals surface area contributed by atoms with E-state index in [4.69, 9.17) is 0 Å². The van der Waals surface area contributed by atoms with Gasteiger partial charge in [-0.2, -0.15) is 5.10 Å². The van der Waals surface area contributed by atoms with E-state index in [2.05, 4.69) is 89.4 Å². The molecule has 29 heavy (non-hydrogen) atoms. The number of fused-ring (bicyclic) bond motifs is 1. The molecule has 0 spiro atoms. The van der Waals surface area contributed by atoms with Crippen molar-refractivity contribution in [3.63, 3.8) is 0 Å². The topological polar surface area (TPSA) is 49.8 Å². The van der Waals surface area contributed by atoms with Crippen molar-refractivity contribution in [1.82, 2.24) is 15.5 Å². The summed E-state index contributed by atoms with van der Waals surface area (Å²) in [7, 11) is 1.98. The summed E-state index contributed by atoms with van der Waals surface area (Å²) < 4.78 is 0. The summed E-state index contributed by atoms with van der Waals surface area (Å²) in [4.78, 5) is 1.28. The van der Waals surface area contributed by atoms with Gasteiger partial charge in [-0.25, -0.2) is 0 Å². The van der Waals surface area contributed by atoms with Crippen LogP contribution in [0.3, 0.4) is 0 Å². The fourth-order valence-corrected chi connectivity index (χ4v) is 4.52. The molecule has 4 aromatic rings. The number of thiophene rings is 1. The lowest BCUT2D eigenvalue weighted by molar-refractivity contribution is 0.819. The SMILES string of the molecule is CNCc1ccccc1-c1csc([C@@H](C)Nc2nncc3cc(C)c(C)cc23)c1. The molecule has 0 unspecified atom stereocenters. The first-order chi connectivity index (χ1) is 14.1. The van der Waals surface area contributed by atoms with E-state index in [0.717, 1.165) is 23.1 Å². The minimum atomic E-state index is 0.145. The van der Waals surface area contributed by atoms with Crippen LogP contribution in [0, 0.1) is 13.8 Å². The molecule has 5 heteroatoms. The van der Waals surface area contributed by atoms with Crippen molar-refractivity contribution in [1.29, 1.82) is 0 Å². The highest BCUT2D eigenvalue weighted by atomic mass is 32.1. The fraction of sp³-hybridized carbons (Fsp3) is 0.250. The monoisotopic (exact) mass is 402 g/mol. The summed E-state index contributed by atoms with van der Waals surface area (Å²) in [5.74, 6) is 0.837. The van der Waals surface area contributed by atoms with E-state index in [9.17, 15) is 0 Å². The summed E-state index contributed by atoms with van der Waals surface area (Å²) in [6.45, 7) is 7.30. The molecule has 0 radical (unpaired) electrons. The van der Waals surface area contributed by atoms with E-state index in [1.807, 2.05) is 13.2 Å². The van der Waals surface area contributed by atoms with E-state index in [1.165, 1.54) is 32.7 Å². The molecule has 2 aromatic carbocycles. The van der Waals surface area contributed by atoms with Gasteiger partial charge in [-0.05, 0) is 79.2 Å². The van der Waals surface area contributed by atoms with Crippen LogP contribution in [-0.4, -0.2) is 17.2 Å². The zero-order valence-corrected chi connectivity index (χ0v) is 18.1. The number of nitrogens with one attached hydrogen (secondary N) is 2. The van der Waals surface area contributed by atoms with Crippen molar-refractivity contribution >= 4 is 27.9 Å². The Labute approximate surface area is 176 Å². The molecule has 0 aliphatic carbocycles. The molecule has 0 saturated carbocycles. The van der Waals surface area contributed by atoms with Crippen LogP contribution in [0.2, 0.25) is 0 Å². The standard InChI is InChI=1S/C24H26N4S/c1-15-9-19-13-26-28-24(22(19)10-16(15)2)27-17(3)23-11-20(14-29-23)21-8-6-5-7-18(21)12-25-4/h5-11,13-14,17,25H,12H2,1-4H3,(H,27,28)/t17-/m1/s1. The molecule has 0 bridgehead atoms. The minimum Gasteiger partial charge on any atom is -0.361 e. The molecule has 148 valence electrons. The van der Waals surface area contributed by atoms with Crippen molar-refractivity contribution in [2.45, 2.75) is 33.4 Å². The Balaban J connectivity index is 1.62. The van der Waals surface area contributed by atoms with Crippen LogP contribution in [0.4, 0.5) is 5.82 Å². The van der Waals surface area contributed by atoms with Gasteiger partial charge in [0.15, 0.2) is 5.82 Å². The molecule has 4 rings (SSSR count). The molecule has 0 aliphatic heterocycles. The highest BCUT2D eigenvalue weighted by molar-refractivity contribution is 7.10. The minimum absolute atomic E-state index is 0.145. The number of aromatic nitrogens is 2. The quantitative estimate of drug-likeness (QED) is 0.424. The lowest BCUT2D eigenvalue weighted by atomic mass is 10.0. The van der Waals surface area contributed by atoms with Crippen LogP contribution >= 0.6 is 11.3 Å². The number of nitrogens with zero attached hydrogens (tertiary/aromatic N) is 2. The third kappa shape index (κ3) is 4.02. The van der Waals surface area contributed by atoms with Crippen LogP contribution in [0.5, 0.6) is 0 Å². The van der Waals surface area contributed by atoms with E-state index >= 15 is 0 Å². The predicted molar refractivity (Wildman–Crippen MR) is 124 cm³/mol. The van der Waals surface area contributed by atoms with Crippen LogP contribution in [0.15, 0.2) is 54.0 Å². The summed E-state index contributed by atoms with van der Waals surface area (Å²) in [5.41, 5.74) is 6.40. The Hall–Kier alpha value is -2.76. The second-order valence-electron chi connectivity index (χ2n) is 7.51. The van der Waals surface area contributed by atoms with E-state index < -0.39 is 0 Å². The van der Waals surface area contributed by atoms with Gasteiger partial charge >= 0.3 is 0 Å². The number of benzene rings is 2. The molecule has 2 N–H and O–H groups in total. The Morgan fingerprint density at radius 2 is 1.86 bits per heavy atom. The fourth-order valence-electron chi connectivity index (χ4n) is 3.60. The first-order valence-corrected chi connectivity index (χ1v) is 10.7. The molecular formula is C24H26N4S. The lowest BCUT2D eigenvalue weighted by Gasteiger charge is -2.15. The van der Waals surface area contributed by atoms with Gasteiger partial charge in [0.25, 0.3) is 0 Å². The molecule has 0 fully saturated rings. The maximum absolute atomic E-state index is 4.38. The van der Waals surface area contributed by atoms with Gasteiger partial charge in [0.2, 0.25) is 0 Å².